The van der Waals surface area contributed by atoms with Gasteiger partial charge in [0.2, 0.25) is 0 Å². The van der Waals surface area contributed by atoms with Crippen molar-refractivity contribution in [3.8, 4) is 0 Å². The molecule has 0 radical (unpaired) electrons. The van der Waals surface area contributed by atoms with E-state index in [1.54, 1.807) is 0 Å². The molecule has 0 fully saturated rings. The molecule has 0 aromatic carbocycles. The SMILES string of the molecule is CC(C)NC1=NCCN1c1ccnc(NC(C)C)c1. The predicted octanol–water partition coefficient (Wildman–Crippen LogP) is 2.08. The summed E-state index contributed by atoms with van der Waals surface area (Å²) in [5.41, 5.74) is 1.13. The summed E-state index contributed by atoms with van der Waals surface area (Å²) in [6.07, 6.45) is 1.84. The Morgan fingerprint density at radius 1 is 1.16 bits per heavy atom. The fraction of sp³-hybridized carbons (Fsp3) is 0.571. The van der Waals surface area contributed by atoms with Crippen molar-refractivity contribution in [2.75, 3.05) is 23.3 Å². The third-order valence-corrected chi connectivity index (χ3v) is 2.75. The Morgan fingerprint density at radius 2 is 1.89 bits per heavy atom. The molecule has 2 heterocycles. The molecule has 1 aromatic heterocycles. The maximum atomic E-state index is 4.51. The number of aromatic nitrogens is 1. The van der Waals surface area contributed by atoms with E-state index in [0.717, 1.165) is 30.6 Å². The second-order valence-electron chi connectivity index (χ2n) is 5.35. The Balaban J connectivity index is 2.15. The van der Waals surface area contributed by atoms with Gasteiger partial charge in [0.05, 0.1) is 6.54 Å². The first-order valence-electron chi connectivity index (χ1n) is 6.87. The molecule has 1 aromatic rings. The van der Waals surface area contributed by atoms with Gasteiger partial charge in [-0.1, -0.05) is 0 Å². The Kier molecular flexibility index (Phi) is 4.24. The Morgan fingerprint density at radius 3 is 2.58 bits per heavy atom. The molecular formula is C14H23N5. The lowest BCUT2D eigenvalue weighted by atomic mass is 10.3. The van der Waals surface area contributed by atoms with Gasteiger partial charge in [0.25, 0.3) is 0 Å². The van der Waals surface area contributed by atoms with Gasteiger partial charge in [-0.15, -0.1) is 0 Å². The number of guanidine groups is 1. The van der Waals surface area contributed by atoms with Crippen molar-refractivity contribution in [3.05, 3.63) is 18.3 Å². The highest BCUT2D eigenvalue weighted by Gasteiger charge is 2.19. The van der Waals surface area contributed by atoms with Crippen molar-refractivity contribution in [2.24, 2.45) is 4.99 Å². The molecule has 0 spiro atoms. The molecule has 1 aliphatic rings. The number of hydrogen-bond acceptors (Lipinski definition) is 5. The number of anilines is 2. The minimum atomic E-state index is 0.378. The summed E-state index contributed by atoms with van der Waals surface area (Å²) in [5, 5.41) is 6.71. The second kappa shape index (κ2) is 5.91. The Bertz CT molecular complexity index is 453. The predicted molar refractivity (Wildman–Crippen MR) is 80.9 cm³/mol. The van der Waals surface area contributed by atoms with Crippen LogP contribution in [0.2, 0.25) is 0 Å². The van der Waals surface area contributed by atoms with Crippen molar-refractivity contribution >= 4 is 17.5 Å². The van der Waals surface area contributed by atoms with Crippen LogP contribution in [-0.2, 0) is 0 Å². The molecule has 0 atom stereocenters. The summed E-state index contributed by atoms with van der Waals surface area (Å²) in [4.78, 5) is 11.1. The number of nitrogens with zero attached hydrogens (tertiary/aromatic N) is 3. The quantitative estimate of drug-likeness (QED) is 0.871. The van der Waals surface area contributed by atoms with Crippen LogP contribution in [0.3, 0.4) is 0 Å². The van der Waals surface area contributed by atoms with Gasteiger partial charge in [0.15, 0.2) is 5.96 Å². The summed E-state index contributed by atoms with van der Waals surface area (Å²) in [7, 11) is 0. The molecule has 5 nitrogen and oxygen atoms in total. The first kappa shape index (κ1) is 13.6. The lowest BCUT2D eigenvalue weighted by Crippen LogP contribution is -2.41. The van der Waals surface area contributed by atoms with Crippen LogP contribution < -0.4 is 15.5 Å². The zero-order valence-electron chi connectivity index (χ0n) is 12.1. The van der Waals surface area contributed by atoms with Crippen LogP contribution in [0.1, 0.15) is 27.7 Å². The third kappa shape index (κ3) is 3.59. The smallest absolute Gasteiger partial charge is 0.198 e. The van der Waals surface area contributed by atoms with Gasteiger partial charge >= 0.3 is 0 Å². The average molecular weight is 261 g/mol. The molecule has 1 aliphatic heterocycles. The van der Waals surface area contributed by atoms with E-state index in [1.807, 2.05) is 12.3 Å². The third-order valence-electron chi connectivity index (χ3n) is 2.75. The standard InChI is InChI=1S/C14H23N5/c1-10(2)17-13-9-12(5-6-15-13)19-8-7-16-14(19)18-11(3)4/h5-6,9-11H,7-8H2,1-4H3,(H,15,17)(H,16,18). The summed E-state index contributed by atoms with van der Waals surface area (Å²) in [5.74, 6) is 1.86. The summed E-state index contributed by atoms with van der Waals surface area (Å²) in [6.45, 7) is 10.2. The average Bonchev–Trinajstić information content (AvgIpc) is 2.75. The van der Waals surface area contributed by atoms with Gasteiger partial charge in [-0.05, 0) is 33.8 Å². The van der Waals surface area contributed by atoms with Crippen molar-refractivity contribution in [3.63, 3.8) is 0 Å². The molecule has 2 N–H and O–H groups in total. The van der Waals surface area contributed by atoms with Gasteiger partial charge in [-0.25, -0.2) is 4.98 Å². The lowest BCUT2D eigenvalue weighted by Gasteiger charge is -2.23. The summed E-state index contributed by atoms with van der Waals surface area (Å²) >= 11 is 0. The summed E-state index contributed by atoms with van der Waals surface area (Å²) < 4.78 is 0. The molecule has 5 heteroatoms. The van der Waals surface area contributed by atoms with E-state index in [9.17, 15) is 0 Å². The fourth-order valence-corrected chi connectivity index (χ4v) is 2.04. The van der Waals surface area contributed by atoms with Crippen LogP contribution in [0.4, 0.5) is 11.5 Å². The van der Waals surface area contributed by atoms with E-state index in [4.69, 9.17) is 0 Å². The molecule has 0 saturated carbocycles. The Hall–Kier alpha value is -1.78. The van der Waals surface area contributed by atoms with Crippen molar-refractivity contribution < 1.29 is 0 Å². The monoisotopic (exact) mass is 261 g/mol. The zero-order valence-corrected chi connectivity index (χ0v) is 12.1. The van der Waals surface area contributed by atoms with Crippen LogP contribution in [-0.4, -0.2) is 36.1 Å². The fourth-order valence-electron chi connectivity index (χ4n) is 2.04. The number of rotatable bonds is 4. The van der Waals surface area contributed by atoms with E-state index >= 15 is 0 Å². The van der Waals surface area contributed by atoms with E-state index in [-0.39, 0.29) is 0 Å². The molecule has 19 heavy (non-hydrogen) atoms. The molecule has 0 amide bonds. The van der Waals surface area contributed by atoms with Gasteiger partial charge in [0.1, 0.15) is 5.82 Å². The highest BCUT2D eigenvalue weighted by atomic mass is 15.3. The Labute approximate surface area is 115 Å². The second-order valence-corrected chi connectivity index (χ2v) is 5.35. The molecular weight excluding hydrogens is 238 g/mol. The maximum absolute atomic E-state index is 4.51. The van der Waals surface area contributed by atoms with Crippen LogP contribution in [0, 0.1) is 0 Å². The van der Waals surface area contributed by atoms with E-state index in [2.05, 4.69) is 59.3 Å². The van der Waals surface area contributed by atoms with Gasteiger partial charge in [-0.3, -0.25) is 4.99 Å². The minimum absolute atomic E-state index is 0.378. The number of aliphatic imine (C=N–C) groups is 1. The number of hydrogen-bond donors (Lipinski definition) is 2. The van der Waals surface area contributed by atoms with Crippen LogP contribution in [0.15, 0.2) is 23.3 Å². The lowest BCUT2D eigenvalue weighted by molar-refractivity contribution is 0.726. The van der Waals surface area contributed by atoms with Crippen molar-refractivity contribution in [2.45, 2.75) is 39.8 Å². The number of pyridine rings is 1. The van der Waals surface area contributed by atoms with Crippen LogP contribution in [0.5, 0.6) is 0 Å². The van der Waals surface area contributed by atoms with Gasteiger partial charge in [0, 0.05) is 36.6 Å². The number of nitrogens with one attached hydrogen (secondary N) is 2. The van der Waals surface area contributed by atoms with Crippen molar-refractivity contribution in [1.82, 2.24) is 10.3 Å². The van der Waals surface area contributed by atoms with Gasteiger partial charge < -0.3 is 15.5 Å². The molecule has 104 valence electrons. The van der Waals surface area contributed by atoms with Crippen LogP contribution >= 0.6 is 0 Å². The molecule has 2 rings (SSSR count). The molecule has 0 unspecified atom stereocenters. The summed E-state index contributed by atoms with van der Waals surface area (Å²) in [6, 6.07) is 4.86. The first-order valence-corrected chi connectivity index (χ1v) is 6.87. The normalized spacial score (nSPS) is 15.1. The largest absolute Gasteiger partial charge is 0.368 e. The highest BCUT2D eigenvalue weighted by Crippen LogP contribution is 2.20. The van der Waals surface area contributed by atoms with E-state index in [0.29, 0.717) is 12.1 Å². The molecule has 0 saturated heterocycles. The minimum Gasteiger partial charge on any atom is -0.368 e. The van der Waals surface area contributed by atoms with E-state index in [1.165, 1.54) is 0 Å². The highest BCUT2D eigenvalue weighted by molar-refractivity contribution is 5.98. The molecule has 0 aliphatic carbocycles. The van der Waals surface area contributed by atoms with Crippen molar-refractivity contribution in [1.29, 1.82) is 0 Å². The zero-order chi connectivity index (χ0) is 13.8. The van der Waals surface area contributed by atoms with E-state index < -0.39 is 0 Å². The topological polar surface area (TPSA) is 52.6 Å². The molecule has 0 bridgehead atoms. The van der Waals surface area contributed by atoms with Gasteiger partial charge in [-0.2, -0.15) is 0 Å². The van der Waals surface area contributed by atoms with Crippen LogP contribution in [0.25, 0.3) is 0 Å². The maximum Gasteiger partial charge on any atom is 0.198 e. The first-order chi connectivity index (χ1) is 9.06.